The summed E-state index contributed by atoms with van der Waals surface area (Å²) in [4.78, 5) is 0. The first-order valence-corrected chi connectivity index (χ1v) is 4.21. The molecule has 0 bridgehead atoms. The number of aliphatic hydroxyl groups excluding tert-OH is 1. The largest absolute Gasteiger partial charge is 0.508 e. The number of aliphatic hydroxyl groups is 1. The van der Waals surface area contributed by atoms with Crippen molar-refractivity contribution in [1.82, 2.24) is 0 Å². The van der Waals surface area contributed by atoms with Crippen LogP contribution in [-0.4, -0.2) is 16.8 Å². The molecule has 2 heteroatoms. The van der Waals surface area contributed by atoms with Gasteiger partial charge in [-0.25, -0.2) is 0 Å². The average molecular weight is 168 g/mol. The fraction of sp³-hybridized carbons (Fsp3) is 0.400. The summed E-state index contributed by atoms with van der Waals surface area (Å²) in [5, 5.41) is 17.5. The highest BCUT2D eigenvalue weighted by atomic mass is 18.2. The summed E-state index contributed by atoms with van der Waals surface area (Å²) in [5.74, 6) is 0.306. The minimum Gasteiger partial charge on any atom is -0.508 e. The predicted octanol–water partition coefficient (Wildman–Crippen LogP) is 1.71. The van der Waals surface area contributed by atoms with Crippen molar-refractivity contribution in [2.45, 2.75) is 19.3 Å². The molecule has 2 N–H and O–H groups in total. The van der Waals surface area contributed by atoms with Crippen LogP contribution in [0, 0.1) is 0 Å². The quantitative estimate of drug-likeness (QED) is 0.530. The molecule has 66 valence electrons. The molecule has 0 saturated heterocycles. The first kappa shape index (κ1) is 9.07. The van der Waals surface area contributed by atoms with Crippen LogP contribution in [0.5, 0.6) is 5.75 Å². The van der Waals surface area contributed by atoms with E-state index in [-0.39, 0.29) is 6.61 Å². The zero-order valence-electron chi connectivity index (χ0n) is 7.03. The Bertz CT molecular complexity index is 216. The lowest BCUT2D eigenvalue weighted by molar-refractivity contribution is 0.284. The lowest BCUT2D eigenvalue weighted by Gasteiger charge is -1.99. The monoisotopic (exact) mass is 168 g/mol. The van der Waals surface area contributed by atoms with Crippen LogP contribution < -0.4 is 0 Å². The summed E-state index contributed by atoms with van der Waals surface area (Å²) in [7, 11) is 0. The van der Waals surface area contributed by atoms with Gasteiger partial charge in [-0.3, -0.25) is 0 Å². The normalized spacial score (nSPS) is 10.1. The smallest absolute Gasteiger partial charge is 0.115 e. The Morgan fingerprint density at radius 2 is 1.75 bits per heavy atom. The molecule has 2 nitrogen and oxygen atoms in total. The third-order valence-electron chi connectivity index (χ3n) is 1.81. The van der Waals surface area contributed by atoms with Crippen LogP contribution >= 0.6 is 0 Å². The van der Waals surface area contributed by atoms with Crippen molar-refractivity contribution in [3.63, 3.8) is 0 Å². The van der Waals surface area contributed by atoms with Gasteiger partial charge in [0.25, 0.3) is 0 Å². The average Bonchev–Trinajstić information content (AvgIpc) is 2.09. The number of aromatic hydroxyl groups is 1. The van der Waals surface area contributed by atoms with Gasteiger partial charge in [0.05, 0.1) is 0 Å². The maximum Gasteiger partial charge on any atom is 0.115 e. The Labute approximate surface area is 72.5 Å². The van der Waals surface area contributed by atoms with Gasteiger partial charge in [-0.05, 0) is 37.0 Å². The third-order valence-corrected chi connectivity index (χ3v) is 1.81. The van der Waals surface area contributed by atoms with Crippen LogP contribution in [0.1, 0.15) is 18.4 Å². The number of phenolic OH excluding ortho intramolecular Hbond substituents is 1. The van der Waals surface area contributed by atoms with Crippen molar-refractivity contribution in [1.29, 1.82) is 0 Å². The van der Waals surface area contributed by atoms with Crippen molar-refractivity contribution < 1.29 is 10.2 Å². The number of unbranched alkanes of at least 4 members (excludes halogenated alkanes) is 1. The summed E-state index contributed by atoms with van der Waals surface area (Å²) in [6.45, 7) is 0.262. The number of hydrogen-bond donors (Lipinski definition) is 2. The van der Waals surface area contributed by atoms with E-state index in [2.05, 4.69) is 0 Å². The van der Waals surface area contributed by atoms with E-state index in [9.17, 15) is 0 Å². The van der Waals surface area contributed by atoms with Gasteiger partial charge in [-0.15, -0.1) is 0 Å². The molecule has 0 heterocycles. The topological polar surface area (TPSA) is 40.5 Å². The van der Waals surface area contributed by atoms with E-state index in [1.807, 2.05) is 12.1 Å². The Kier molecular flexibility index (Phi) is 3.61. The number of hydrogen-bond acceptors (Lipinski definition) is 2. The first-order chi connectivity index (χ1) is 5.83. The summed E-state index contributed by atoms with van der Waals surface area (Å²) < 4.78 is 0. The van der Waals surface area contributed by atoms with E-state index in [1.54, 1.807) is 12.1 Å². The van der Waals surface area contributed by atoms with Gasteiger partial charge in [-0.1, -0.05) is 12.1 Å². The molecule has 0 aliphatic carbocycles. The standard InChI is InChI=1S/C10H14O2/c11-8-2-1-3-9-4-6-10(12)7-5-9/h4-7,11-12H,1-3,8H2/i11+2. The van der Waals surface area contributed by atoms with Crippen molar-refractivity contribution in [2.75, 3.05) is 6.61 Å². The van der Waals surface area contributed by atoms with Crippen LogP contribution in [0.2, 0.25) is 0 Å². The van der Waals surface area contributed by atoms with Crippen LogP contribution in [0.15, 0.2) is 24.3 Å². The second-order valence-electron chi connectivity index (χ2n) is 2.85. The second kappa shape index (κ2) is 4.78. The van der Waals surface area contributed by atoms with Crippen LogP contribution in [0.25, 0.3) is 0 Å². The van der Waals surface area contributed by atoms with E-state index in [0.29, 0.717) is 5.75 Å². The van der Waals surface area contributed by atoms with Gasteiger partial charge in [0, 0.05) is 6.61 Å². The predicted molar refractivity (Wildman–Crippen MR) is 48.1 cm³/mol. The van der Waals surface area contributed by atoms with Crippen LogP contribution in [0.3, 0.4) is 0 Å². The molecule has 0 amide bonds. The van der Waals surface area contributed by atoms with Crippen molar-refractivity contribution in [3.8, 4) is 5.75 Å². The summed E-state index contributed by atoms with van der Waals surface area (Å²) in [6.07, 6.45) is 2.82. The summed E-state index contributed by atoms with van der Waals surface area (Å²) in [6, 6.07) is 7.20. The minimum absolute atomic E-state index is 0.262. The zero-order valence-corrected chi connectivity index (χ0v) is 7.03. The van der Waals surface area contributed by atoms with Crippen LogP contribution in [0.4, 0.5) is 0 Å². The molecule has 0 radical (unpaired) electrons. The van der Waals surface area contributed by atoms with Gasteiger partial charge >= 0.3 is 0 Å². The number of phenols is 1. The van der Waals surface area contributed by atoms with E-state index in [4.69, 9.17) is 10.2 Å². The highest BCUT2D eigenvalue weighted by Gasteiger charge is 1.92. The highest BCUT2D eigenvalue weighted by Crippen LogP contribution is 2.11. The summed E-state index contributed by atoms with van der Waals surface area (Å²) in [5.41, 5.74) is 1.21. The van der Waals surface area contributed by atoms with Crippen molar-refractivity contribution >= 4 is 0 Å². The third kappa shape index (κ3) is 2.93. The Morgan fingerprint density at radius 3 is 2.33 bits per heavy atom. The maximum atomic E-state index is 8.99. The van der Waals surface area contributed by atoms with E-state index in [1.165, 1.54) is 5.56 Å². The molecular weight excluding hydrogens is 154 g/mol. The second-order valence-corrected chi connectivity index (χ2v) is 2.85. The van der Waals surface area contributed by atoms with Crippen molar-refractivity contribution in [3.05, 3.63) is 29.8 Å². The van der Waals surface area contributed by atoms with E-state index in [0.717, 1.165) is 19.3 Å². The van der Waals surface area contributed by atoms with Gasteiger partial charge in [0.1, 0.15) is 5.75 Å². The van der Waals surface area contributed by atoms with Gasteiger partial charge in [0.2, 0.25) is 0 Å². The Balaban J connectivity index is 2.37. The molecule has 1 aromatic rings. The van der Waals surface area contributed by atoms with E-state index < -0.39 is 0 Å². The Hall–Kier alpha value is -1.02. The molecule has 1 rings (SSSR count). The first-order valence-electron chi connectivity index (χ1n) is 4.21. The molecule has 0 atom stereocenters. The molecule has 0 aromatic heterocycles. The number of rotatable bonds is 4. The maximum absolute atomic E-state index is 8.99. The van der Waals surface area contributed by atoms with Crippen molar-refractivity contribution in [2.24, 2.45) is 0 Å². The molecule has 0 spiro atoms. The molecular formula is C10H14O2. The van der Waals surface area contributed by atoms with Gasteiger partial charge < -0.3 is 10.2 Å². The van der Waals surface area contributed by atoms with E-state index >= 15 is 0 Å². The fourth-order valence-corrected chi connectivity index (χ4v) is 1.10. The fourth-order valence-electron chi connectivity index (χ4n) is 1.10. The molecule has 0 saturated carbocycles. The molecule has 0 aliphatic heterocycles. The van der Waals surface area contributed by atoms with Gasteiger partial charge in [0.15, 0.2) is 0 Å². The lowest BCUT2D eigenvalue weighted by atomic mass is 10.1. The number of benzene rings is 1. The van der Waals surface area contributed by atoms with Crippen LogP contribution in [-0.2, 0) is 6.42 Å². The number of aryl methyl sites for hydroxylation is 1. The molecule has 1 aromatic carbocycles. The molecule has 0 fully saturated rings. The Morgan fingerprint density at radius 1 is 1.08 bits per heavy atom. The SMILES string of the molecule is Oc1ccc(CCCC[18OH])cc1. The molecule has 0 aliphatic rings. The zero-order chi connectivity index (χ0) is 8.81. The molecule has 12 heavy (non-hydrogen) atoms. The summed E-state index contributed by atoms with van der Waals surface area (Å²) >= 11 is 0. The molecule has 0 unspecified atom stereocenters. The van der Waals surface area contributed by atoms with Gasteiger partial charge in [-0.2, -0.15) is 0 Å². The minimum atomic E-state index is 0.262. The highest BCUT2D eigenvalue weighted by molar-refractivity contribution is 5.25. The lowest BCUT2D eigenvalue weighted by Crippen LogP contribution is -1.87.